The van der Waals surface area contributed by atoms with Crippen LogP contribution in [0.3, 0.4) is 0 Å². The average molecular weight is 291 g/mol. The molecule has 2 unspecified atom stereocenters. The molecule has 0 fully saturated rings. The molecule has 2 N–H and O–H groups in total. The number of rotatable bonds is 5. The van der Waals surface area contributed by atoms with Crippen LogP contribution < -0.4 is 10.5 Å². The molecule has 2 aromatic rings. The molecule has 0 aliphatic rings. The first kappa shape index (κ1) is 14.9. The second-order valence-electron chi connectivity index (χ2n) is 4.62. The fraction of sp³-hybridized carbons (Fsp3) is 0.250. The van der Waals surface area contributed by atoms with E-state index in [9.17, 15) is 4.39 Å². The van der Waals surface area contributed by atoms with Gasteiger partial charge in [0.1, 0.15) is 11.6 Å². The van der Waals surface area contributed by atoms with E-state index in [1.807, 2.05) is 31.2 Å². The van der Waals surface area contributed by atoms with Crippen molar-refractivity contribution in [3.8, 4) is 5.75 Å². The van der Waals surface area contributed by atoms with E-state index in [2.05, 4.69) is 0 Å². The lowest BCUT2D eigenvalue weighted by Gasteiger charge is -2.21. The smallest absolute Gasteiger partial charge is 0.123 e. The van der Waals surface area contributed by atoms with Gasteiger partial charge in [-0.15, -0.1) is 11.8 Å². The fourth-order valence-corrected chi connectivity index (χ4v) is 3.03. The normalized spacial score (nSPS) is 13.8. The van der Waals surface area contributed by atoms with E-state index in [0.29, 0.717) is 0 Å². The highest BCUT2D eigenvalue weighted by atomic mass is 32.2. The lowest BCUT2D eigenvalue weighted by atomic mass is 10.1. The highest BCUT2D eigenvalue weighted by Crippen LogP contribution is 2.37. The van der Waals surface area contributed by atoms with Crippen LogP contribution in [-0.2, 0) is 0 Å². The zero-order chi connectivity index (χ0) is 14.5. The maximum atomic E-state index is 12.9. The Hall–Kier alpha value is -1.52. The minimum absolute atomic E-state index is 0.0153. The summed E-state index contributed by atoms with van der Waals surface area (Å²) in [5, 5.41) is 0.117. The molecule has 4 heteroatoms. The molecule has 0 bridgehead atoms. The van der Waals surface area contributed by atoms with Gasteiger partial charge in [-0.1, -0.05) is 12.1 Å². The first-order chi connectivity index (χ1) is 9.60. The molecule has 0 amide bonds. The summed E-state index contributed by atoms with van der Waals surface area (Å²) in [6, 6.07) is 14.4. The monoisotopic (exact) mass is 291 g/mol. The van der Waals surface area contributed by atoms with Gasteiger partial charge in [0.05, 0.1) is 7.11 Å². The Kier molecular flexibility index (Phi) is 5.04. The molecule has 20 heavy (non-hydrogen) atoms. The van der Waals surface area contributed by atoms with Gasteiger partial charge in [0, 0.05) is 16.2 Å². The second kappa shape index (κ2) is 6.77. The van der Waals surface area contributed by atoms with Gasteiger partial charge in [-0.3, -0.25) is 0 Å². The van der Waals surface area contributed by atoms with Gasteiger partial charge in [0.25, 0.3) is 0 Å². The molecule has 106 valence electrons. The van der Waals surface area contributed by atoms with Crippen molar-refractivity contribution < 1.29 is 9.13 Å². The molecule has 2 rings (SSSR count). The highest BCUT2D eigenvalue weighted by molar-refractivity contribution is 7.99. The van der Waals surface area contributed by atoms with E-state index in [1.54, 1.807) is 31.0 Å². The number of hydrogen-bond donors (Lipinski definition) is 1. The number of halogens is 1. The van der Waals surface area contributed by atoms with Crippen molar-refractivity contribution in [3.05, 3.63) is 59.9 Å². The van der Waals surface area contributed by atoms with Gasteiger partial charge >= 0.3 is 0 Å². The van der Waals surface area contributed by atoms with Crippen LogP contribution in [0.1, 0.15) is 17.7 Å². The van der Waals surface area contributed by atoms with Crippen LogP contribution >= 0.6 is 11.8 Å². The zero-order valence-electron chi connectivity index (χ0n) is 11.5. The quantitative estimate of drug-likeness (QED) is 0.845. The Morgan fingerprint density at radius 3 is 2.15 bits per heavy atom. The molecule has 0 aliphatic carbocycles. The molecule has 2 nitrogen and oxygen atoms in total. The Morgan fingerprint density at radius 2 is 1.65 bits per heavy atom. The lowest BCUT2D eigenvalue weighted by Crippen LogP contribution is -2.22. The summed E-state index contributed by atoms with van der Waals surface area (Å²) in [7, 11) is 1.64. The summed E-state index contributed by atoms with van der Waals surface area (Å²) in [5.74, 6) is 0.597. The topological polar surface area (TPSA) is 35.2 Å². The standard InChI is InChI=1S/C16H18FNOS/c1-11(18)16(12-3-7-14(19-2)8-4-12)20-15-9-5-13(17)6-10-15/h3-11,16H,18H2,1-2H3. The van der Waals surface area contributed by atoms with Crippen LogP contribution in [0, 0.1) is 5.82 Å². The molecular formula is C16H18FNOS. The summed E-state index contributed by atoms with van der Waals surface area (Å²) >= 11 is 1.64. The van der Waals surface area contributed by atoms with E-state index in [-0.39, 0.29) is 17.1 Å². The second-order valence-corrected chi connectivity index (χ2v) is 5.84. The molecule has 0 saturated heterocycles. The van der Waals surface area contributed by atoms with Gasteiger partial charge in [0.15, 0.2) is 0 Å². The molecule has 0 aromatic heterocycles. The van der Waals surface area contributed by atoms with E-state index < -0.39 is 0 Å². The van der Waals surface area contributed by atoms with Crippen molar-refractivity contribution in [1.82, 2.24) is 0 Å². The van der Waals surface area contributed by atoms with E-state index in [0.717, 1.165) is 16.2 Å². The van der Waals surface area contributed by atoms with Crippen molar-refractivity contribution in [2.45, 2.75) is 23.1 Å². The first-order valence-electron chi connectivity index (χ1n) is 6.42. The van der Waals surface area contributed by atoms with E-state index >= 15 is 0 Å². The molecular weight excluding hydrogens is 273 g/mol. The van der Waals surface area contributed by atoms with Crippen molar-refractivity contribution >= 4 is 11.8 Å². The van der Waals surface area contributed by atoms with Crippen LogP contribution in [0.2, 0.25) is 0 Å². The third kappa shape index (κ3) is 3.74. The number of benzene rings is 2. The molecule has 0 aliphatic heterocycles. The van der Waals surface area contributed by atoms with Crippen molar-refractivity contribution in [2.75, 3.05) is 7.11 Å². The summed E-state index contributed by atoms with van der Waals surface area (Å²) in [6.45, 7) is 1.98. The maximum Gasteiger partial charge on any atom is 0.123 e. The number of nitrogens with two attached hydrogens (primary N) is 1. The van der Waals surface area contributed by atoms with Gasteiger partial charge in [-0.25, -0.2) is 4.39 Å². The third-order valence-corrected chi connectivity index (χ3v) is 4.50. The van der Waals surface area contributed by atoms with Gasteiger partial charge in [-0.05, 0) is 48.9 Å². The van der Waals surface area contributed by atoms with Crippen LogP contribution in [0.25, 0.3) is 0 Å². The van der Waals surface area contributed by atoms with Gasteiger partial charge in [-0.2, -0.15) is 0 Å². The zero-order valence-corrected chi connectivity index (χ0v) is 12.4. The summed E-state index contributed by atoms with van der Waals surface area (Å²) in [5.41, 5.74) is 7.23. The third-order valence-electron chi connectivity index (χ3n) is 3.00. The minimum atomic E-state index is -0.226. The fourth-order valence-electron chi connectivity index (χ4n) is 1.93. The number of hydrogen-bond acceptors (Lipinski definition) is 3. The predicted octanol–water partition coefficient (Wildman–Crippen LogP) is 4.01. The van der Waals surface area contributed by atoms with E-state index in [4.69, 9.17) is 10.5 Å². The van der Waals surface area contributed by atoms with Crippen LogP contribution in [-0.4, -0.2) is 13.2 Å². The number of thioether (sulfide) groups is 1. The Balaban J connectivity index is 2.19. The Morgan fingerprint density at radius 1 is 1.05 bits per heavy atom. The molecule has 0 saturated carbocycles. The van der Waals surface area contributed by atoms with Gasteiger partial charge < -0.3 is 10.5 Å². The minimum Gasteiger partial charge on any atom is -0.497 e. The molecule has 2 aromatic carbocycles. The molecule has 0 heterocycles. The van der Waals surface area contributed by atoms with Crippen molar-refractivity contribution in [2.24, 2.45) is 5.73 Å². The molecule has 0 spiro atoms. The van der Waals surface area contributed by atoms with Gasteiger partial charge in [0.2, 0.25) is 0 Å². The molecule has 0 radical (unpaired) electrons. The number of methoxy groups -OCH3 is 1. The largest absolute Gasteiger partial charge is 0.497 e. The SMILES string of the molecule is COc1ccc(C(Sc2ccc(F)cc2)C(C)N)cc1. The van der Waals surface area contributed by atoms with Crippen LogP contribution in [0.5, 0.6) is 5.75 Å². The summed E-state index contributed by atoms with van der Waals surface area (Å²) in [6.07, 6.45) is 0. The van der Waals surface area contributed by atoms with Crippen LogP contribution in [0.4, 0.5) is 4.39 Å². The maximum absolute atomic E-state index is 12.9. The summed E-state index contributed by atoms with van der Waals surface area (Å²) < 4.78 is 18.1. The number of ether oxygens (including phenoxy) is 1. The summed E-state index contributed by atoms with van der Waals surface area (Å²) in [4.78, 5) is 1.00. The highest BCUT2D eigenvalue weighted by Gasteiger charge is 2.17. The molecule has 2 atom stereocenters. The van der Waals surface area contributed by atoms with Crippen LogP contribution in [0.15, 0.2) is 53.4 Å². The average Bonchev–Trinajstić information content (AvgIpc) is 2.46. The first-order valence-corrected chi connectivity index (χ1v) is 7.30. The van der Waals surface area contributed by atoms with Crippen molar-refractivity contribution in [3.63, 3.8) is 0 Å². The Bertz CT molecular complexity index is 539. The predicted molar refractivity (Wildman–Crippen MR) is 81.6 cm³/mol. The Labute approximate surface area is 123 Å². The van der Waals surface area contributed by atoms with E-state index in [1.165, 1.54) is 12.1 Å². The lowest BCUT2D eigenvalue weighted by molar-refractivity contribution is 0.414. The van der Waals surface area contributed by atoms with Crippen molar-refractivity contribution in [1.29, 1.82) is 0 Å².